The minimum absolute atomic E-state index is 0.0886. The maximum Gasteiger partial charge on any atom is 0.360 e. The number of hydrogen-bond donors (Lipinski definition) is 2. The van der Waals surface area contributed by atoms with Gasteiger partial charge in [0.1, 0.15) is 5.75 Å². The van der Waals surface area contributed by atoms with Crippen molar-refractivity contribution in [1.29, 1.82) is 0 Å². The van der Waals surface area contributed by atoms with Gasteiger partial charge in [-0.25, -0.2) is 4.79 Å². The minimum atomic E-state index is -1.11. The fraction of sp³-hybridized carbons (Fsp3) is 0.308. The second-order valence-corrected chi connectivity index (χ2v) is 4.12. The molecule has 0 bridgehead atoms. The van der Waals surface area contributed by atoms with E-state index in [9.17, 15) is 4.79 Å². The number of aromatic carboxylic acids is 1. The first kappa shape index (κ1) is 13.9. The van der Waals surface area contributed by atoms with Gasteiger partial charge in [-0.3, -0.25) is 0 Å². The number of benzene rings is 1. The second kappa shape index (κ2) is 6.05. The van der Waals surface area contributed by atoms with Crippen LogP contribution in [0.1, 0.15) is 23.8 Å². The number of ether oxygens (including phenoxy) is 1. The van der Waals surface area contributed by atoms with Crippen LogP contribution >= 0.6 is 0 Å². The fourth-order valence-electron chi connectivity index (χ4n) is 1.64. The Hall–Kier alpha value is -2.57. The average molecular weight is 276 g/mol. The topological polar surface area (TPSA) is 89.3 Å². The molecule has 7 heteroatoms. The summed E-state index contributed by atoms with van der Waals surface area (Å²) in [6.45, 7) is 2.63. The molecule has 0 saturated carbocycles. The Morgan fingerprint density at radius 3 is 2.60 bits per heavy atom. The van der Waals surface area contributed by atoms with E-state index in [1.165, 1.54) is 4.80 Å². The van der Waals surface area contributed by atoms with Crippen LogP contribution in [-0.4, -0.2) is 39.7 Å². The van der Waals surface area contributed by atoms with E-state index in [-0.39, 0.29) is 11.5 Å². The summed E-state index contributed by atoms with van der Waals surface area (Å²) in [4.78, 5) is 12.4. The summed E-state index contributed by atoms with van der Waals surface area (Å²) >= 11 is 0. The highest BCUT2D eigenvalue weighted by Crippen LogP contribution is 2.16. The molecule has 1 aromatic carbocycles. The van der Waals surface area contributed by atoms with Crippen LogP contribution in [0.4, 0.5) is 5.82 Å². The summed E-state index contributed by atoms with van der Waals surface area (Å²) in [7, 11) is 1.58. The summed E-state index contributed by atoms with van der Waals surface area (Å²) in [6.07, 6.45) is 0.869. The number of aromatic nitrogens is 3. The lowest BCUT2D eigenvalue weighted by Crippen LogP contribution is -2.06. The first-order valence-corrected chi connectivity index (χ1v) is 6.24. The van der Waals surface area contributed by atoms with Crippen LogP contribution in [0.5, 0.6) is 5.75 Å². The van der Waals surface area contributed by atoms with Crippen molar-refractivity contribution in [3.05, 3.63) is 30.0 Å². The van der Waals surface area contributed by atoms with Crippen LogP contribution in [0.25, 0.3) is 5.69 Å². The van der Waals surface area contributed by atoms with Crippen molar-refractivity contribution in [2.45, 2.75) is 13.3 Å². The van der Waals surface area contributed by atoms with E-state index in [4.69, 9.17) is 9.84 Å². The zero-order valence-electron chi connectivity index (χ0n) is 11.3. The molecule has 0 aliphatic heterocycles. The molecule has 0 fully saturated rings. The van der Waals surface area contributed by atoms with Gasteiger partial charge in [-0.1, -0.05) is 6.92 Å². The third-order valence-electron chi connectivity index (χ3n) is 2.66. The Morgan fingerprint density at radius 1 is 1.35 bits per heavy atom. The van der Waals surface area contributed by atoms with E-state index in [2.05, 4.69) is 15.5 Å². The van der Waals surface area contributed by atoms with Crippen molar-refractivity contribution in [1.82, 2.24) is 15.0 Å². The summed E-state index contributed by atoms with van der Waals surface area (Å²) in [5, 5.41) is 20.2. The molecular weight excluding hydrogens is 260 g/mol. The van der Waals surface area contributed by atoms with E-state index < -0.39 is 5.97 Å². The number of carbonyl (C=O) groups is 1. The molecule has 7 nitrogen and oxygen atoms in total. The highest BCUT2D eigenvalue weighted by Gasteiger charge is 2.18. The quantitative estimate of drug-likeness (QED) is 0.836. The third-order valence-corrected chi connectivity index (χ3v) is 2.66. The SMILES string of the molecule is CCCNc1nn(-c2ccc(OC)cc2)nc1C(=O)O. The van der Waals surface area contributed by atoms with Gasteiger partial charge in [-0.05, 0) is 30.7 Å². The standard InChI is InChI=1S/C13H16N4O3/c1-3-8-14-12-11(13(18)19)15-17(16-12)9-4-6-10(20-2)7-5-9/h4-7H,3,8H2,1-2H3,(H,14,16)(H,18,19). The fourth-order valence-corrected chi connectivity index (χ4v) is 1.64. The number of nitrogens with one attached hydrogen (secondary N) is 1. The van der Waals surface area contributed by atoms with Gasteiger partial charge in [0, 0.05) is 6.54 Å². The summed E-state index contributed by atoms with van der Waals surface area (Å²) < 4.78 is 5.07. The Labute approximate surface area is 116 Å². The first-order chi connectivity index (χ1) is 9.65. The van der Waals surface area contributed by atoms with E-state index in [1.807, 2.05) is 6.92 Å². The van der Waals surface area contributed by atoms with Crippen molar-refractivity contribution in [3.8, 4) is 11.4 Å². The molecule has 0 amide bonds. The zero-order valence-corrected chi connectivity index (χ0v) is 11.3. The molecule has 106 valence electrons. The molecular formula is C13H16N4O3. The Balaban J connectivity index is 2.33. The number of nitrogens with zero attached hydrogens (tertiary/aromatic N) is 3. The second-order valence-electron chi connectivity index (χ2n) is 4.12. The minimum Gasteiger partial charge on any atom is -0.497 e. The lowest BCUT2D eigenvalue weighted by atomic mass is 10.3. The molecule has 2 N–H and O–H groups in total. The number of hydrogen-bond acceptors (Lipinski definition) is 5. The Kier molecular flexibility index (Phi) is 4.19. The van der Waals surface area contributed by atoms with Gasteiger partial charge >= 0.3 is 5.97 Å². The van der Waals surface area contributed by atoms with Crippen molar-refractivity contribution >= 4 is 11.8 Å². The Bertz CT molecular complexity index is 592. The van der Waals surface area contributed by atoms with E-state index >= 15 is 0 Å². The van der Waals surface area contributed by atoms with Gasteiger partial charge in [0.05, 0.1) is 12.8 Å². The lowest BCUT2D eigenvalue weighted by molar-refractivity contribution is 0.0691. The molecule has 20 heavy (non-hydrogen) atoms. The van der Waals surface area contributed by atoms with Crippen LogP contribution < -0.4 is 10.1 Å². The molecule has 0 unspecified atom stereocenters. The van der Waals surface area contributed by atoms with E-state index in [0.717, 1.165) is 6.42 Å². The molecule has 0 aliphatic rings. The normalized spacial score (nSPS) is 10.3. The molecule has 2 rings (SSSR count). The van der Waals surface area contributed by atoms with Crippen LogP contribution in [0.2, 0.25) is 0 Å². The summed E-state index contributed by atoms with van der Waals surface area (Å²) in [6, 6.07) is 7.04. The predicted molar refractivity (Wildman–Crippen MR) is 73.7 cm³/mol. The van der Waals surface area contributed by atoms with Crippen molar-refractivity contribution in [2.75, 3.05) is 19.0 Å². The van der Waals surface area contributed by atoms with E-state index in [0.29, 0.717) is 18.0 Å². The zero-order chi connectivity index (χ0) is 14.5. The molecule has 1 aromatic heterocycles. The number of carboxylic acid groups (broad SMARTS) is 1. The van der Waals surface area contributed by atoms with Crippen LogP contribution in [0.3, 0.4) is 0 Å². The van der Waals surface area contributed by atoms with Gasteiger partial charge < -0.3 is 15.2 Å². The first-order valence-electron chi connectivity index (χ1n) is 6.24. The van der Waals surface area contributed by atoms with E-state index in [1.54, 1.807) is 31.4 Å². The maximum atomic E-state index is 11.2. The van der Waals surface area contributed by atoms with Crippen molar-refractivity contribution in [2.24, 2.45) is 0 Å². The molecule has 1 heterocycles. The molecule has 0 atom stereocenters. The van der Waals surface area contributed by atoms with Crippen LogP contribution in [-0.2, 0) is 0 Å². The molecule has 0 radical (unpaired) electrons. The number of carboxylic acids is 1. The van der Waals surface area contributed by atoms with Gasteiger partial charge in [-0.15, -0.1) is 15.0 Å². The molecule has 2 aromatic rings. The highest BCUT2D eigenvalue weighted by molar-refractivity contribution is 5.90. The van der Waals surface area contributed by atoms with Gasteiger partial charge in [0.2, 0.25) is 5.69 Å². The smallest absolute Gasteiger partial charge is 0.360 e. The average Bonchev–Trinajstić information content (AvgIpc) is 2.89. The summed E-state index contributed by atoms with van der Waals surface area (Å²) in [5.41, 5.74) is 0.576. The highest BCUT2D eigenvalue weighted by atomic mass is 16.5. The van der Waals surface area contributed by atoms with Gasteiger partial charge in [-0.2, -0.15) is 0 Å². The maximum absolute atomic E-state index is 11.2. The Morgan fingerprint density at radius 2 is 2.05 bits per heavy atom. The summed E-state index contributed by atoms with van der Waals surface area (Å²) in [5.74, 6) is -0.123. The monoisotopic (exact) mass is 276 g/mol. The van der Waals surface area contributed by atoms with Crippen LogP contribution in [0.15, 0.2) is 24.3 Å². The number of methoxy groups -OCH3 is 1. The number of anilines is 1. The van der Waals surface area contributed by atoms with Gasteiger partial charge in [0.25, 0.3) is 0 Å². The molecule has 0 saturated heterocycles. The largest absolute Gasteiger partial charge is 0.497 e. The lowest BCUT2D eigenvalue weighted by Gasteiger charge is -2.02. The van der Waals surface area contributed by atoms with Crippen molar-refractivity contribution in [3.63, 3.8) is 0 Å². The molecule has 0 spiro atoms. The molecule has 0 aliphatic carbocycles. The van der Waals surface area contributed by atoms with Crippen LogP contribution in [0, 0.1) is 0 Å². The predicted octanol–water partition coefficient (Wildman–Crippen LogP) is 1.80. The van der Waals surface area contributed by atoms with Crippen molar-refractivity contribution < 1.29 is 14.6 Å². The third kappa shape index (κ3) is 2.87. The number of rotatable bonds is 6. The van der Waals surface area contributed by atoms with Gasteiger partial charge in [0.15, 0.2) is 5.82 Å².